The number of rotatable bonds is 5. The third-order valence-electron chi connectivity index (χ3n) is 4.60. The fourth-order valence-electron chi connectivity index (χ4n) is 3.20. The normalized spacial score (nSPS) is 17.2. The van der Waals surface area contributed by atoms with Crippen LogP contribution in [0.15, 0.2) is 35.5 Å². The van der Waals surface area contributed by atoms with E-state index in [9.17, 15) is 13.2 Å². The van der Waals surface area contributed by atoms with Crippen LogP contribution < -0.4 is 10.5 Å². The van der Waals surface area contributed by atoms with Gasteiger partial charge >= 0.3 is 0 Å². The van der Waals surface area contributed by atoms with Gasteiger partial charge in [-0.15, -0.1) is 5.10 Å². The quantitative estimate of drug-likeness (QED) is 0.784. The Balaban J connectivity index is 1.72. The Bertz CT molecular complexity index is 827. The number of carbonyl (C=O) groups excluding carboxylic acids is 1. The van der Waals surface area contributed by atoms with Crippen molar-refractivity contribution in [2.75, 3.05) is 0 Å². The van der Waals surface area contributed by atoms with Crippen molar-refractivity contribution in [1.82, 2.24) is 25.5 Å². The Hall–Kier alpha value is -2.33. The summed E-state index contributed by atoms with van der Waals surface area (Å²) < 4.78 is 24.1. The zero-order valence-corrected chi connectivity index (χ0v) is 14.4. The van der Waals surface area contributed by atoms with E-state index in [-0.39, 0.29) is 17.3 Å². The Labute approximate surface area is 145 Å². The first kappa shape index (κ1) is 17.5. The van der Waals surface area contributed by atoms with E-state index in [0.717, 1.165) is 24.8 Å². The van der Waals surface area contributed by atoms with Crippen LogP contribution in [0.2, 0.25) is 0 Å². The second-order valence-electron chi connectivity index (χ2n) is 6.22. The summed E-state index contributed by atoms with van der Waals surface area (Å²) in [5, 5.41) is 19.3. The third-order valence-corrected chi connectivity index (χ3v) is 5.53. The van der Waals surface area contributed by atoms with E-state index >= 15 is 0 Å². The van der Waals surface area contributed by atoms with Gasteiger partial charge in [0.15, 0.2) is 0 Å². The van der Waals surface area contributed by atoms with Crippen LogP contribution >= 0.6 is 0 Å². The molecule has 1 aliphatic rings. The van der Waals surface area contributed by atoms with Crippen LogP contribution in [-0.2, 0) is 26.9 Å². The van der Waals surface area contributed by atoms with E-state index < -0.39 is 15.6 Å². The molecule has 1 fully saturated rings. The monoisotopic (exact) mass is 364 g/mol. The van der Waals surface area contributed by atoms with Gasteiger partial charge < -0.3 is 5.32 Å². The van der Waals surface area contributed by atoms with Gasteiger partial charge in [0.25, 0.3) is 0 Å². The van der Waals surface area contributed by atoms with Gasteiger partial charge in [0.1, 0.15) is 11.9 Å². The zero-order valence-electron chi connectivity index (χ0n) is 13.6. The number of carbonyl (C=O) groups is 1. The van der Waals surface area contributed by atoms with Gasteiger partial charge in [0, 0.05) is 6.54 Å². The van der Waals surface area contributed by atoms with Crippen LogP contribution in [0.5, 0.6) is 0 Å². The van der Waals surface area contributed by atoms with Crippen molar-refractivity contribution in [3.05, 3.63) is 36.2 Å². The van der Waals surface area contributed by atoms with Gasteiger partial charge in [0.05, 0.1) is 4.90 Å². The molecule has 0 spiro atoms. The van der Waals surface area contributed by atoms with Crippen molar-refractivity contribution in [3.8, 4) is 0 Å². The SMILES string of the molecule is NS(=O)(=O)c1ccc(CNC(=O)C2(n3cnnn3)CCCCC2)cc1. The number of amides is 1. The molecule has 1 aromatic heterocycles. The van der Waals surface area contributed by atoms with Crippen molar-refractivity contribution < 1.29 is 13.2 Å². The number of primary sulfonamides is 1. The fourth-order valence-corrected chi connectivity index (χ4v) is 3.71. The molecule has 3 rings (SSSR count). The van der Waals surface area contributed by atoms with Gasteiger partial charge in [-0.25, -0.2) is 18.2 Å². The predicted molar refractivity (Wildman–Crippen MR) is 88.5 cm³/mol. The number of sulfonamides is 1. The maximum atomic E-state index is 12.9. The third kappa shape index (κ3) is 3.69. The number of hydrogen-bond donors (Lipinski definition) is 2. The number of benzene rings is 1. The summed E-state index contributed by atoms with van der Waals surface area (Å²) in [6, 6.07) is 6.11. The Kier molecular flexibility index (Phi) is 4.82. The molecule has 0 unspecified atom stereocenters. The van der Waals surface area contributed by atoms with Crippen LogP contribution in [0.3, 0.4) is 0 Å². The minimum Gasteiger partial charge on any atom is -0.350 e. The fraction of sp³-hybridized carbons (Fsp3) is 0.467. The predicted octanol–water partition coefficient (Wildman–Crippen LogP) is 0.296. The average Bonchev–Trinajstić information content (AvgIpc) is 3.15. The summed E-state index contributed by atoms with van der Waals surface area (Å²) >= 11 is 0. The lowest BCUT2D eigenvalue weighted by Crippen LogP contribution is -2.50. The standard InChI is InChI=1S/C15H20N6O3S/c16-25(23,24)13-6-4-12(5-7-13)10-17-14(22)15(8-2-1-3-9-15)21-11-18-19-20-21/h4-7,11H,1-3,8-10H2,(H,17,22)(H2,16,23,24). The molecule has 0 atom stereocenters. The largest absolute Gasteiger partial charge is 0.350 e. The molecule has 2 aromatic rings. The van der Waals surface area contributed by atoms with Crippen LogP contribution in [0.4, 0.5) is 0 Å². The molecule has 0 radical (unpaired) electrons. The molecule has 0 aliphatic heterocycles. The first-order chi connectivity index (χ1) is 11.9. The highest BCUT2D eigenvalue weighted by atomic mass is 32.2. The molecule has 25 heavy (non-hydrogen) atoms. The van der Waals surface area contributed by atoms with E-state index in [1.165, 1.54) is 18.5 Å². The van der Waals surface area contributed by atoms with Gasteiger partial charge in [0.2, 0.25) is 15.9 Å². The molecule has 1 aliphatic carbocycles. The molecule has 134 valence electrons. The molecule has 0 saturated heterocycles. The maximum Gasteiger partial charge on any atom is 0.248 e. The van der Waals surface area contributed by atoms with E-state index in [1.54, 1.807) is 16.8 Å². The van der Waals surface area contributed by atoms with Crippen LogP contribution in [0.1, 0.15) is 37.7 Å². The van der Waals surface area contributed by atoms with Crippen molar-refractivity contribution in [3.63, 3.8) is 0 Å². The highest BCUT2D eigenvalue weighted by molar-refractivity contribution is 7.89. The van der Waals surface area contributed by atoms with Crippen molar-refractivity contribution in [2.24, 2.45) is 5.14 Å². The van der Waals surface area contributed by atoms with Crippen LogP contribution in [0, 0.1) is 0 Å². The number of nitrogens with zero attached hydrogens (tertiary/aromatic N) is 4. The molecule has 9 nitrogen and oxygen atoms in total. The lowest BCUT2D eigenvalue weighted by atomic mass is 9.81. The van der Waals surface area contributed by atoms with E-state index in [1.807, 2.05) is 0 Å². The molecular weight excluding hydrogens is 344 g/mol. The summed E-state index contributed by atoms with van der Waals surface area (Å²) in [6.07, 6.45) is 5.83. The second-order valence-corrected chi connectivity index (χ2v) is 7.78. The topological polar surface area (TPSA) is 133 Å². The van der Waals surface area contributed by atoms with Crippen molar-refractivity contribution in [1.29, 1.82) is 0 Å². The Morgan fingerprint density at radius 2 is 1.88 bits per heavy atom. The van der Waals surface area contributed by atoms with Crippen molar-refractivity contribution in [2.45, 2.75) is 49.1 Å². The van der Waals surface area contributed by atoms with Gasteiger partial charge in [-0.05, 0) is 41.0 Å². The summed E-state index contributed by atoms with van der Waals surface area (Å²) in [4.78, 5) is 12.9. The van der Waals surface area contributed by atoms with Gasteiger partial charge in [-0.2, -0.15) is 0 Å². The molecule has 1 aromatic carbocycles. The zero-order chi connectivity index (χ0) is 17.9. The molecular formula is C15H20N6O3S. The summed E-state index contributed by atoms with van der Waals surface area (Å²) in [7, 11) is -3.72. The second kappa shape index (κ2) is 6.89. The molecule has 10 heteroatoms. The lowest BCUT2D eigenvalue weighted by molar-refractivity contribution is -0.132. The Morgan fingerprint density at radius 3 is 2.44 bits per heavy atom. The first-order valence-corrected chi connectivity index (χ1v) is 9.60. The van der Waals surface area contributed by atoms with Gasteiger partial charge in [-0.3, -0.25) is 4.79 Å². The number of hydrogen-bond acceptors (Lipinski definition) is 6. The molecule has 1 amide bonds. The number of nitrogens with one attached hydrogen (secondary N) is 1. The van der Waals surface area contributed by atoms with E-state index in [4.69, 9.17) is 5.14 Å². The highest BCUT2D eigenvalue weighted by Gasteiger charge is 2.42. The highest BCUT2D eigenvalue weighted by Crippen LogP contribution is 2.34. The molecule has 1 saturated carbocycles. The number of tetrazole rings is 1. The van der Waals surface area contributed by atoms with Crippen molar-refractivity contribution >= 4 is 15.9 Å². The molecule has 1 heterocycles. The minimum atomic E-state index is -3.72. The molecule has 0 bridgehead atoms. The van der Waals surface area contributed by atoms with Crippen LogP contribution in [0.25, 0.3) is 0 Å². The van der Waals surface area contributed by atoms with Gasteiger partial charge in [-0.1, -0.05) is 31.4 Å². The minimum absolute atomic E-state index is 0.0417. The smallest absolute Gasteiger partial charge is 0.248 e. The number of nitrogens with two attached hydrogens (primary N) is 1. The average molecular weight is 364 g/mol. The van der Waals surface area contributed by atoms with E-state index in [0.29, 0.717) is 12.8 Å². The first-order valence-electron chi connectivity index (χ1n) is 8.05. The van der Waals surface area contributed by atoms with E-state index in [2.05, 4.69) is 20.8 Å². The maximum absolute atomic E-state index is 12.9. The molecule has 3 N–H and O–H groups in total. The number of aromatic nitrogens is 4. The summed E-state index contributed by atoms with van der Waals surface area (Å²) in [5.41, 5.74) is 0.0193. The van der Waals surface area contributed by atoms with Crippen LogP contribution in [-0.4, -0.2) is 34.5 Å². The summed E-state index contributed by atoms with van der Waals surface area (Å²) in [5.74, 6) is -0.130. The lowest BCUT2D eigenvalue weighted by Gasteiger charge is -2.35. The summed E-state index contributed by atoms with van der Waals surface area (Å²) in [6.45, 7) is 0.285. The Morgan fingerprint density at radius 1 is 1.20 bits per heavy atom.